The van der Waals surface area contributed by atoms with E-state index < -0.39 is 6.16 Å². The van der Waals surface area contributed by atoms with Gasteiger partial charge in [-0.25, -0.2) is 9.78 Å². The van der Waals surface area contributed by atoms with E-state index >= 15 is 0 Å². The number of fused-ring (bicyclic) bond motifs is 1. The molecule has 0 spiro atoms. The fourth-order valence-electron chi connectivity index (χ4n) is 2.17. The first-order valence-corrected chi connectivity index (χ1v) is 7.39. The largest absolute Gasteiger partial charge is 0.513 e. The molecule has 110 valence electrons. The predicted molar refractivity (Wildman–Crippen MR) is 87.9 cm³/mol. The van der Waals surface area contributed by atoms with Crippen LogP contribution in [0.4, 0.5) is 4.79 Å². The smallest absolute Gasteiger partial charge is 0.437 e. The predicted octanol–water partition coefficient (Wildman–Crippen LogP) is 4.81. The summed E-state index contributed by atoms with van der Waals surface area (Å²) in [6, 6.07) is 17.0. The van der Waals surface area contributed by atoms with Gasteiger partial charge in [0.15, 0.2) is 0 Å². The number of pyridine rings is 1. The molecule has 0 amide bonds. The maximum atomic E-state index is 11.5. The zero-order chi connectivity index (χ0) is 15.5. The maximum Gasteiger partial charge on any atom is 0.513 e. The molecule has 0 aliphatic carbocycles. The Hall–Kier alpha value is -2.40. The Morgan fingerprint density at radius 2 is 1.82 bits per heavy atom. The normalized spacial score (nSPS) is 10.5. The van der Waals surface area contributed by atoms with Crippen LogP contribution in [-0.2, 0) is 4.74 Å². The lowest BCUT2D eigenvalue weighted by Gasteiger charge is -2.10. The lowest BCUT2D eigenvalue weighted by Crippen LogP contribution is -2.08. The summed E-state index contributed by atoms with van der Waals surface area (Å²) >= 11 is 3.51. The van der Waals surface area contributed by atoms with Crippen LogP contribution in [0.5, 0.6) is 5.75 Å². The van der Waals surface area contributed by atoms with Crippen molar-refractivity contribution in [3.05, 3.63) is 59.1 Å². The lowest BCUT2D eigenvalue weighted by atomic mass is 10.1. The van der Waals surface area contributed by atoms with E-state index in [2.05, 4.69) is 25.7 Å². The van der Waals surface area contributed by atoms with E-state index in [1.54, 1.807) is 6.07 Å². The van der Waals surface area contributed by atoms with Gasteiger partial charge in [-0.2, -0.15) is 0 Å². The van der Waals surface area contributed by atoms with Crippen molar-refractivity contribution >= 4 is 33.0 Å². The van der Waals surface area contributed by atoms with Gasteiger partial charge in [0.1, 0.15) is 5.75 Å². The van der Waals surface area contributed by atoms with Gasteiger partial charge in [0.05, 0.1) is 18.3 Å². The van der Waals surface area contributed by atoms with Crippen molar-refractivity contribution in [2.75, 3.05) is 7.11 Å². The summed E-state index contributed by atoms with van der Waals surface area (Å²) in [7, 11) is 1.28. The molecule has 0 unspecified atom stereocenters. The van der Waals surface area contributed by atoms with Crippen LogP contribution in [0.25, 0.3) is 22.2 Å². The zero-order valence-electron chi connectivity index (χ0n) is 11.7. The van der Waals surface area contributed by atoms with Gasteiger partial charge in [-0.05, 0) is 18.2 Å². The van der Waals surface area contributed by atoms with Crippen LogP contribution < -0.4 is 4.74 Å². The molecular weight excluding hydrogens is 346 g/mol. The highest BCUT2D eigenvalue weighted by Crippen LogP contribution is 2.33. The van der Waals surface area contributed by atoms with E-state index in [1.807, 2.05) is 48.5 Å². The SMILES string of the molecule is COC(=O)Oc1cc(-c2ccccc2Br)nc2ccccc12. The highest BCUT2D eigenvalue weighted by Gasteiger charge is 2.13. The zero-order valence-corrected chi connectivity index (χ0v) is 13.3. The van der Waals surface area contributed by atoms with Crippen LogP contribution in [0.1, 0.15) is 0 Å². The Labute approximate surface area is 135 Å². The number of carbonyl (C=O) groups is 1. The van der Waals surface area contributed by atoms with Gasteiger partial charge < -0.3 is 9.47 Å². The number of carbonyl (C=O) groups excluding carboxylic acids is 1. The minimum absolute atomic E-state index is 0.420. The van der Waals surface area contributed by atoms with E-state index in [0.717, 1.165) is 20.9 Å². The Balaban J connectivity index is 2.20. The van der Waals surface area contributed by atoms with Gasteiger partial charge in [-0.3, -0.25) is 0 Å². The molecule has 1 heterocycles. The van der Waals surface area contributed by atoms with E-state index in [9.17, 15) is 4.79 Å². The summed E-state index contributed by atoms with van der Waals surface area (Å²) in [5.74, 6) is 0.420. The van der Waals surface area contributed by atoms with Crippen LogP contribution in [0.15, 0.2) is 59.1 Å². The fraction of sp³-hybridized carbons (Fsp3) is 0.0588. The molecule has 3 rings (SSSR count). The Kier molecular flexibility index (Phi) is 4.06. The lowest BCUT2D eigenvalue weighted by molar-refractivity contribution is 0.122. The van der Waals surface area contributed by atoms with Crippen molar-refractivity contribution in [3.8, 4) is 17.0 Å². The third kappa shape index (κ3) is 2.80. The monoisotopic (exact) mass is 357 g/mol. The van der Waals surface area contributed by atoms with Gasteiger partial charge in [-0.15, -0.1) is 0 Å². The molecule has 22 heavy (non-hydrogen) atoms. The second kappa shape index (κ2) is 6.15. The standard InChI is InChI=1S/C17H12BrNO3/c1-21-17(20)22-16-10-15(11-6-2-4-8-13(11)18)19-14-9-5-3-7-12(14)16/h2-10H,1H3. The number of ether oxygens (including phenoxy) is 2. The van der Waals surface area contributed by atoms with Crippen LogP contribution in [0.3, 0.4) is 0 Å². The Morgan fingerprint density at radius 3 is 2.59 bits per heavy atom. The molecule has 2 aromatic carbocycles. The molecule has 3 aromatic rings. The van der Waals surface area contributed by atoms with Gasteiger partial charge >= 0.3 is 6.16 Å². The molecule has 0 aliphatic heterocycles. The molecule has 0 aliphatic rings. The minimum Gasteiger partial charge on any atom is -0.437 e. The molecule has 5 heteroatoms. The van der Waals surface area contributed by atoms with Gasteiger partial charge in [0.2, 0.25) is 0 Å². The van der Waals surface area contributed by atoms with E-state index in [-0.39, 0.29) is 0 Å². The van der Waals surface area contributed by atoms with Crippen molar-refractivity contribution in [2.24, 2.45) is 0 Å². The molecule has 0 bridgehead atoms. The van der Waals surface area contributed by atoms with Crippen LogP contribution in [-0.4, -0.2) is 18.2 Å². The first-order chi connectivity index (χ1) is 10.7. The van der Waals surface area contributed by atoms with Crippen LogP contribution >= 0.6 is 15.9 Å². The number of benzene rings is 2. The average Bonchev–Trinajstić information content (AvgIpc) is 2.55. The maximum absolute atomic E-state index is 11.5. The molecule has 1 aromatic heterocycles. The van der Waals surface area contributed by atoms with E-state index in [1.165, 1.54) is 7.11 Å². The number of aromatic nitrogens is 1. The van der Waals surface area contributed by atoms with Gasteiger partial charge in [-0.1, -0.05) is 46.3 Å². The second-order valence-electron chi connectivity index (χ2n) is 4.56. The van der Waals surface area contributed by atoms with Crippen LogP contribution in [0.2, 0.25) is 0 Å². The highest BCUT2D eigenvalue weighted by molar-refractivity contribution is 9.10. The summed E-state index contributed by atoms with van der Waals surface area (Å²) in [5, 5.41) is 0.753. The molecule has 4 nitrogen and oxygen atoms in total. The van der Waals surface area contributed by atoms with E-state index in [0.29, 0.717) is 11.4 Å². The van der Waals surface area contributed by atoms with Gasteiger partial charge in [0.25, 0.3) is 0 Å². The summed E-state index contributed by atoms with van der Waals surface area (Å²) in [6.45, 7) is 0. The second-order valence-corrected chi connectivity index (χ2v) is 5.41. The number of methoxy groups -OCH3 is 1. The van der Waals surface area contributed by atoms with E-state index in [4.69, 9.17) is 4.74 Å². The number of nitrogens with zero attached hydrogens (tertiary/aromatic N) is 1. The minimum atomic E-state index is -0.755. The molecule has 0 saturated carbocycles. The molecular formula is C17H12BrNO3. The Bertz CT molecular complexity index is 848. The quantitative estimate of drug-likeness (QED) is 0.617. The summed E-state index contributed by atoms with van der Waals surface area (Å²) in [5.41, 5.74) is 2.38. The first-order valence-electron chi connectivity index (χ1n) is 6.59. The third-order valence-electron chi connectivity index (χ3n) is 3.19. The number of hydrogen-bond acceptors (Lipinski definition) is 4. The molecule has 0 radical (unpaired) electrons. The number of hydrogen-bond donors (Lipinski definition) is 0. The average molecular weight is 358 g/mol. The molecule has 0 N–H and O–H groups in total. The molecule has 0 fully saturated rings. The van der Waals surface area contributed by atoms with Crippen molar-refractivity contribution < 1.29 is 14.3 Å². The summed E-state index contributed by atoms with van der Waals surface area (Å²) in [6.07, 6.45) is -0.755. The molecule has 0 atom stereocenters. The summed E-state index contributed by atoms with van der Waals surface area (Å²) < 4.78 is 10.8. The fourth-order valence-corrected chi connectivity index (χ4v) is 2.65. The number of para-hydroxylation sites is 1. The third-order valence-corrected chi connectivity index (χ3v) is 3.88. The van der Waals surface area contributed by atoms with Gasteiger partial charge in [0, 0.05) is 21.5 Å². The van der Waals surface area contributed by atoms with Crippen LogP contribution in [0, 0.1) is 0 Å². The topological polar surface area (TPSA) is 48.4 Å². The molecule has 0 saturated heterocycles. The van der Waals surface area contributed by atoms with Crippen molar-refractivity contribution in [3.63, 3.8) is 0 Å². The van der Waals surface area contributed by atoms with Crippen molar-refractivity contribution in [1.82, 2.24) is 4.98 Å². The Morgan fingerprint density at radius 1 is 1.09 bits per heavy atom. The summed E-state index contributed by atoms with van der Waals surface area (Å²) in [4.78, 5) is 16.1. The highest BCUT2D eigenvalue weighted by atomic mass is 79.9. The first kappa shape index (κ1) is 14.5. The number of rotatable bonds is 2. The van der Waals surface area contributed by atoms with Crippen molar-refractivity contribution in [1.29, 1.82) is 0 Å². The number of halogens is 1. The van der Waals surface area contributed by atoms with Crippen molar-refractivity contribution in [2.45, 2.75) is 0 Å².